The number of amides is 1. The van der Waals surface area contributed by atoms with Gasteiger partial charge in [-0.05, 0) is 30.7 Å². The first-order valence-electron chi connectivity index (χ1n) is 8.14. The maximum absolute atomic E-state index is 11.9. The van der Waals surface area contributed by atoms with Gasteiger partial charge in [-0.25, -0.2) is 15.0 Å². The van der Waals surface area contributed by atoms with Gasteiger partial charge in [0.05, 0.1) is 0 Å². The summed E-state index contributed by atoms with van der Waals surface area (Å²) in [7, 11) is 0. The molecule has 0 unspecified atom stereocenters. The third-order valence-corrected chi connectivity index (χ3v) is 3.48. The minimum Gasteiger partial charge on any atom is -0.484 e. The second kappa shape index (κ2) is 8.48. The van der Waals surface area contributed by atoms with Gasteiger partial charge < -0.3 is 15.8 Å². The van der Waals surface area contributed by atoms with Crippen LogP contribution in [0.25, 0.3) is 0 Å². The Hall–Kier alpha value is -3.88. The quantitative estimate of drug-likeness (QED) is 0.468. The zero-order valence-corrected chi connectivity index (χ0v) is 14.6. The number of carbonyl (C=O) groups is 1. The number of nitrogen functional groups attached to an aromatic ring is 1. The predicted octanol–water partition coefficient (Wildman–Crippen LogP) is 2.03. The fourth-order valence-corrected chi connectivity index (χ4v) is 2.09. The Morgan fingerprint density at radius 2 is 1.85 bits per heavy atom. The van der Waals surface area contributed by atoms with Gasteiger partial charge in [0, 0.05) is 6.20 Å². The highest BCUT2D eigenvalue weighted by molar-refractivity contribution is 5.81. The number of rotatable bonds is 7. The van der Waals surface area contributed by atoms with E-state index in [0.29, 0.717) is 17.4 Å². The topological polar surface area (TPSA) is 127 Å². The Balaban J connectivity index is 1.57. The van der Waals surface area contributed by atoms with Crippen LogP contribution in [0.3, 0.4) is 0 Å². The molecule has 1 aromatic carbocycles. The van der Waals surface area contributed by atoms with Gasteiger partial charge in [-0.1, -0.05) is 24.3 Å². The lowest BCUT2D eigenvalue weighted by Gasteiger charge is -2.13. The number of nitrogens with zero attached hydrogens (tertiary/aromatic N) is 3. The van der Waals surface area contributed by atoms with E-state index in [9.17, 15) is 4.79 Å². The van der Waals surface area contributed by atoms with Gasteiger partial charge in [-0.3, -0.25) is 15.6 Å². The average molecular weight is 365 g/mol. The highest BCUT2D eigenvalue weighted by atomic mass is 16.5. The van der Waals surface area contributed by atoms with Crippen LogP contribution in [0.5, 0.6) is 5.75 Å². The lowest BCUT2D eigenvalue weighted by molar-refractivity contribution is -0.122. The summed E-state index contributed by atoms with van der Waals surface area (Å²) >= 11 is 0. The summed E-state index contributed by atoms with van der Waals surface area (Å²) in [5, 5.41) is 3.01. The molecule has 9 heteroatoms. The third-order valence-electron chi connectivity index (χ3n) is 3.48. The van der Waals surface area contributed by atoms with Crippen molar-refractivity contribution in [1.29, 1.82) is 0 Å². The Morgan fingerprint density at radius 3 is 2.59 bits per heavy atom. The van der Waals surface area contributed by atoms with Gasteiger partial charge in [0.1, 0.15) is 23.6 Å². The standard InChI is InChI=1S/C18H19N7O2/c1-12-7-8-14(20-9-12)23-17-16(19)18(22-11-21-17)25-24-15(26)10-27-13-5-3-2-4-6-13/h2-9,11H,10,19H2,1H3,(H,24,26)(H2,20,21,22,23,25). The number of para-hydroxylation sites is 1. The molecule has 3 aromatic rings. The van der Waals surface area contributed by atoms with Crippen LogP contribution in [-0.2, 0) is 4.79 Å². The van der Waals surface area contributed by atoms with Crippen LogP contribution in [0.2, 0.25) is 0 Å². The molecule has 2 heterocycles. The summed E-state index contributed by atoms with van der Waals surface area (Å²) in [4.78, 5) is 24.3. The average Bonchev–Trinajstić information content (AvgIpc) is 2.69. The number of hydrogen-bond acceptors (Lipinski definition) is 8. The number of aryl methyl sites for hydroxylation is 1. The van der Waals surface area contributed by atoms with E-state index in [4.69, 9.17) is 10.5 Å². The van der Waals surface area contributed by atoms with Crippen LogP contribution in [0.1, 0.15) is 5.56 Å². The summed E-state index contributed by atoms with van der Waals surface area (Å²) in [5.41, 5.74) is 12.5. The molecule has 9 nitrogen and oxygen atoms in total. The Morgan fingerprint density at radius 1 is 1.07 bits per heavy atom. The molecule has 0 aliphatic rings. The lowest BCUT2D eigenvalue weighted by atomic mass is 10.3. The lowest BCUT2D eigenvalue weighted by Crippen LogP contribution is -2.34. The smallest absolute Gasteiger partial charge is 0.276 e. The van der Waals surface area contributed by atoms with Crippen LogP contribution in [0, 0.1) is 6.92 Å². The number of nitrogens with two attached hydrogens (primary N) is 1. The van der Waals surface area contributed by atoms with Gasteiger partial charge in [0.15, 0.2) is 18.2 Å². The fourth-order valence-electron chi connectivity index (χ4n) is 2.09. The molecule has 138 valence electrons. The molecular formula is C18H19N7O2. The maximum atomic E-state index is 11.9. The molecule has 0 radical (unpaired) electrons. The van der Waals surface area contributed by atoms with Gasteiger partial charge in [-0.15, -0.1) is 0 Å². The molecule has 0 spiro atoms. The van der Waals surface area contributed by atoms with E-state index in [1.807, 2.05) is 37.3 Å². The van der Waals surface area contributed by atoms with Gasteiger partial charge in [-0.2, -0.15) is 0 Å². The van der Waals surface area contributed by atoms with Crippen LogP contribution in [0.15, 0.2) is 55.0 Å². The molecule has 0 saturated carbocycles. The van der Waals surface area contributed by atoms with E-state index < -0.39 is 0 Å². The Kier molecular flexibility index (Phi) is 5.63. The summed E-state index contributed by atoms with van der Waals surface area (Å²) < 4.78 is 5.36. The van der Waals surface area contributed by atoms with Gasteiger partial charge in [0.25, 0.3) is 5.91 Å². The molecule has 27 heavy (non-hydrogen) atoms. The van der Waals surface area contributed by atoms with Crippen molar-refractivity contribution in [3.05, 3.63) is 60.6 Å². The number of benzene rings is 1. The molecule has 2 aromatic heterocycles. The van der Waals surface area contributed by atoms with Crippen LogP contribution < -0.4 is 26.6 Å². The van der Waals surface area contributed by atoms with Crippen LogP contribution in [-0.4, -0.2) is 27.5 Å². The number of pyridine rings is 1. The minimum atomic E-state index is -0.383. The number of aromatic nitrogens is 3. The minimum absolute atomic E-state index is 0.152. The number of ether oxygens (including phenoxy) is 1. The van der Waals surface area contributed by atoms with Crippen LogP contribution >= 0.6 is 0 Å². The molecule has 0 fully saturated rings. The van der Waals surface area contributed by atoms with Crippen molar-refractivity contribution in [2.24, 2.45) is 0 Å². The Bertz CT molecular complexity index is 901. The van der Waals surface area contributed by atoms with Crippen molar-refractivity contribution in [2.75, 3.05) is 23.1 Å². The van der Waals surface area contributed by atoms with Crippen molar-refractivity contribution in [3.63, 3.8) is 0 Å². The van der Waals surface area contributed by atoms with E-state index in [1.54, 1.807) is 18.3 Å². The molecular weight excluding hydrogens is 346 g/mol. The normalized spacial score (nSPS) is 10.1. The van der Waals surface area contributed by atoms with Crippen molar-refractivity contribution in [2.45, 2.75) is 6.92 Å². The van der Waals surface area contributed by atoms with Crippen molar-refractivity contribution in [1.82, 2.24) is 20.4 Å². The number of hydrazine groups is 1. The summed E-state index contributed by atoms with van der Waals surface area (Å²) in [5.74, 6) is 1.45. The van der Waals surface area contributed by atoms with Crippen molar-refractivity contribution >= 4 is 29.0 Å². The predicted molar refractivity (Wildman–Crippen MR) is 102 cm³/mol. The molecule has 5 N–H and O–H groups in total. The van der Waals surface area contributed by atoms with E-state index in [-0.39, 0.29) is 24.0 Å². The van der Waals surface area contributed by atoms with E-state index in [2.05, 4.69) is 31.1 Å². The fraction of sp³-hybridized carbons (Fsp3) is 0.111. The third kappa shape index (κ3) is 5.05. The number of hydrogen-bond donors (Lipinski definition) is 4. The molecule has 0 bridgehead atoms. The molecule has 0 aliphatic heterocycles. The molecule has 0 atom stereocenters. The first-order valence-corrected chi connectivity index (χ1v) is 8.14. The van der Waals surface area contributed by atoms with Crippen molar-refractivity contribution in [3.8, 4) is 5.75 Å². The molecule has 1 amide bonds. The second-order valence-electron chi connectivity index (χ2n) is 5.61. The van der Waals surface area contributed by atoms with Gasteiger partial charge >= 0.3 is 0 Å². The second-order valence-corrected chi connectivity index (χ2v) is 5.61. The van der Waals surface area contributed by atoms with Crippen LogP contribution in [0.4, 0.5) is 23.1 Å². The molecule has 0 aliphatic carbocycles. The molecule has 0 saturated heterocycles. The monoisotopic (exact) mass is 365 g/mol. The summed E-state index contributed by atoms with van der Waals surface area (Å²) in [6.07, 6.45) is 3.05. The molecule has 3 rings (SSSR count). The zero-order chi connectivity index (χ0) is 19.1. The maximum Gasteiger partial charge on any atom is 0.276 e. The zero-order valence-electron chi connectivity index (χ0n) is 14.6. The number of anilines is 4. The van der Waals surface area contributed by atoms with E-state index in [0.717, 1.165) is 5.56 Å². The summed E-state index contributed by atoms with van der Waals surface area (Å²) in [6.45, 7) is 1.79. The van der Waals surface area contributed by atoms with E-state index in [1.165, 1.54) is 6.33 Å². The van der Waals surface area contributed by atoms with E-state index >= 15 is 0 Å². The first kappa shape index (κ1) is 17.9. The highest BCUT2D eigenvalue weighted by Crippen LogP contribution is 2.24. The number of nitrogens with one attached hydrogen (secondary N) is 3. The first-order chi connectivity index (χ1) is 13.1. The number of carbonyl (C=O) groups excluding carboxylic acids is 1. The summed E-state index contributed by atoms with van der Waals surface area (Å²) in [6, 6.07) is 12.8. The van der Waals surface area contributed by atoms with Gasteiger partial charge in [0.2, 0.25) is 0 Å². The largest absolute Gasteiger partial charge is 0.484 e. The van der Waals surface area contributed by atoms with Crippen molar-refractivity contribution < 1.29 is 9.53 Å². The highest BCUT2D eigenvalue weighted by Gasteiger charge is 2.10. The Labute approximate surface area is 156 Å². The SMILES string of the molecule is Cc1ccc(Nc2ncnc(NNC(=O)COc3ccccc3)c2N)nc1.